The standard InChI is InChI=1S/C30H45N3O9/c1-16-25(36)22(34)12-24(41-16)42-18-3-8-28(15-32-33-26(31)37)20-4-7-27(2)19(17-11-23(35)40-14-17)6-10-30(27,39)21(20)5-9-29(28,38)13-18/h11,15-16,18-22,24-25,34,36,38-39H,3-10,12-14H2,1-2H3,(H3,31,33,37)/b32-15-/t16-,18+,19-,20+,21-,22+,24+,25-,27-,28+,29+,30+/m1/s1. The zero-order chi connectivity index (χ0) is 30.1. The smallest absolute Gasteiger partial charge is 0.332 e. The van der Waals surface area contributed by atoms with Crippen molar-refractivity contribution >= 4 is 18.2 Å². The third-order valence-electron chi connectivity index (χ3n) is 12.1. The topological polar surface area (TPSA) is 193 Å². The van der Waals surface area contributed by atoms with Gasteiger partial charge >= 0.3 is 12.0 Å². The molecule has 0 radical (unpaired) electrons. The van der Waals surface area contributed by atoms with Crippen molar-refractivity contribution in [2.24, 2.45) is 39.4 Å². The second kappa shape index (κ2) is 10.5. The Morgan fingerprint density at radius 1 is 1.14 bits per heavy atom. The molecule has 1 saturated heterocycles. The van der Waals surface area contributed by atoms with Gasteiger partial charge in [-0.3, -0.25) is 0 Å². The number of fused-ring (bicyclic) bond motifs is 5. The van der Waals surface area contributed by atoms with Gasteiger partial charge in [0.2, 0.25) is 0 Å². The zero-order valence-corrected chi connectivity index (χ0v) is 24.4. The number of amides is 2. The molecule has 0 aromatic carbocycles. The Bertz CT molecular complexity index is 1150. The number of aliphatic hydroxyl groups excluding tert-OH is 2. The van der Waals surface area contributed by atoms with Gasteiger partial charge in [0.25, 0.3) is 0 Å². The van der Waals surface area contributed by atoms with Crippen molar-refractivity contribution in [2.75, 3.05) is 6.61 Å². The molecule has 6 rings (SSSR count). The molecule has 12 nitrogen and oxygen atoms in total. The van der Waals surface area contributed by atoms with Crippen LogP contribution in [0.5, 0.6) is 0 Å². The van der Waals surface area contributed by atoms with Gasteiger partial charge in [-0.05, 0) is 81.6 Å². The van der Waals surface area contributed by atoms with Gasteiger partial charge in [-0.15, -0.1) is 0 Å². The highest BCUT2D eigenvalue weighted by Gasteiger charge is 2.71. The van der Waals surface area contributed by atoms with E-state index in [1.807, 2.05) is 0 Å². The number of hydrogen-bond donors (Lipinski definition) is 6. The number of carbonyl (C=O) groups is 2. The van der Waals surface area contributed by atoms with Crippen molar-refractivity contribution in [3.8, 4) is 0 Å². The lowest BCUT2D eigenvalue weighted by atomic mass is 9.41. The molecule has 234 valence electrons. The summed E-state index contributed by atoms with van der Waals surface area (Å²) in [6.45, 7) is 4.11. The Balaban J connectivity index is 1.27. The van der Waals surface area contributed by atoms with E-state index in [1.165, 1.54) is 0 Å². The van der Waals surface area contributed by atoms with Crippen molar-refractivity contribution in [1.82, 2.24) is 5.43 Å². The lowest BCUT2D eigenvalue weighted by Crippen LogP contribution is -2.69. The van der Waals surface area contributed by atoms with Crippen LogP contribution in [0.4, 0.5) is 4.79 Å². The monoisotopic (exact) mass is 591 g/mol. The second-order valence-electron chi connectivity index (χ2n) is 13.9. The summed E-state index contributed by atoms with van der Waals surface area (Å²) < 4.78 is 17.3. The number of carbonyl (C=O) groups excluding carboxylic acids is 2. The van der Waals surface area contributed by atoms with E-state index in [0.717, 1.165) is 18.4 Å². The van der Waals surface area contributed by atoms with E-state index in [0.29, 0.717) is 44.9 Å². The highest BCUT2D eigenvalue weighted by molar-refractivity contribution is 5.85. The predicted molar refractivity (Wildman–Crippen MR) is 149 cm³/mol. The molecular weight excluding hydrogens is 546 g/mol. The quantitative estimate of drug-likeness (QED) is 0.118. The molecule has 0 spiro atoms. The van der Waals surface area contributed by atoms with Gasteiger partial charge in [-0.2, -0.15) is 5.10 Å². The molecule has 42 heavy (non-hydrogen) atoms. The van der Waals surface area contributed by atoms with E-state index in [1.54, 1.807) is 19.2 Å². The summed E-state index contributed by atoms with van der Waals surface area (Å²) in [4.78, 5) is 23.4. The SMILES string of the molecule is C[C@H]1O[C@@H](O[C@H]2CC[C@]3(/C=N\NC(N)=O)[C@H]4CC[C@]5(C)[C@@H](C6=CC(=O)OC6)CC[C@]5(O)[C@@H]4CC[C@]3(O)C2)C[C@H](O)[C@@H]1O. The Morgan fingerprint density at radius 2 is 1.90 bits per heavy atom. The first-order valence-electron chi connectivity index (χ1n) is 15.4. The summed E-state index contributed by atoms with van der Waals surface area (Å²) in [6, 6.07) is -0.796. The van der Waals surface area contributed by atoms with Crippen LogP contribution in [-0.2, 0) is 19.0 Å². The van der Waals surface area contributed by atoms with Crippen molar-refractivity contribution in [3.63, 3.8) is 0 Å². The van der Waals surface area contributed by atoms with Gasteiger partial charge in [-0.1, -0.05) is 6.92 Å². The van der Waals surface area contributed by atoms with Crippen molar-refractivity contribution < 1.29 is 44.2 Å². The van der Waals surface area contributed by atoms with Crippen molar-refractivity contribution in [2.45, 2.75) is 120 Å². The molecule has 2 aliphatic heterocycles. The Morgan fingerprint density at radius 3 is 2.60 bits per heavy atom. The number of primary amides is 1. The lowest BCUT2D eigenvalue weighted by molar-refractivity contribution is -0.282. The number of rotatable bonds is 5. The van der Waals surface area contributed by atoms with Crippen LogP contribution in [0.3, 0.4) is 0 Å². The number of hydrazone groups is 1. The van der Waals surface area contributed by atoms with Crippen molar-refractivity contribution in [1.29, 1.82) is 0 Å². The number of ether oxygens (including phenoxy) is 3. The van der Waals surface area contributed by atoms with E-state index in [9.17, 15) is 30.0 Å². The van der Waals surface area contributed by atoms with Gasteiger partial charge in [0.05, 0.1) is 29.5 Å². The Labute approximate surface area is 245 Å². The minimum Gasteiger partial charge on any atom is -0.458 e. The average Bonchev–Trinajstić information content (AvgIpc) is 3.46. The number of nitrogens with two attached hydrogens (primary N) is 1. The summed E-state index contributed by atoms with van der Waals surface area (Å²) in [5, 5.41) is 49.5. The van der Waals surface area contributed by atoms with Crippen LogP contribution in [0.2, 0.25) is 0 Å². The largest absolute Gasteiger partial charge is 0.458 e. The molecule has 7 N–H and O–H groups in total. The van der Waals surface area contributed by atoms with Gasteiger partial charge in [0, 0.05) is 36.0 Å². The van der Waals surface area contributed by atoms with E-state index in [2.05, 4.69) is 17.5 Å². The number of urea groups is 1. The van der Waals surface area contributed by atoms with Gasteiger partial charge in [0.15, 0.2) is 6.29 Å². The van der Waals surface area contributed by atoms with Gasteiger partial charge < -0.3 is 40.4 Å². The zero-order valence-electron chi connectivity index (χ0n) is 24.4. The lowest BCUT2D eigenvalue weighted by Gasteiger charge is -2.66. The van der Waals surface area contributed by atoms with E-state index < -0.39 is 52.7 Å². The molecule has 6 aliphatic rings. The van der Waals surface area contributed by atoms with E-state index in [-0.39, 0.29) is 42.9 Å². The number of aliphatic hydroxyl groups is 4. The van der Waals surface area contributed by atoms with Gasteiger partial charge in [0.1, 0.15) is 12.7 Å². The first kappa shape index (κ1) is 30.0. The molecule has 2 heterocycles. The fraction of sp³-hybridized carbons (Fsp3) is 0.833. The predicted octanol–water partition coefficient (Wildman–Crippen LogP) is 1.23. The summed E-state index contributed by atoms with van der Waals surface area (Å²) >= 11 is 0. The molecule has 12 atom stereocenters. The number of nitrogens with zero attached hydrogens (tertiary/aromatic N) is 1. The average molecular weight is 592 g/mol. The highest BCUT2D eigenvalue weighted by atomic mass is 16.7. The number of esters is 1. The molecule has 0 aromatic heterocycles. The molecule has 12 heteroatoms. The maximum Gasteiger partial charge on any atom is 0.332 e. The van der Waals surface area contributed by atoms with Crippen LogP contribution in [0.1, 0.15) is 78.1 Å². The molecule has 2 amide bonds. The van der Waals surface area contributed by atoms with Crippen molar-refractivity contribution in [3.05, 3.63) is 11.6 Å². The maximum absolute atomic E-state index is 12.5. The summed E-state index contributed by atoms with van der Waals surface area (Å²) in [5.74, 6) is -0.495. The number of nitrogens with one attached hydrogen (secondary N) is 1. The molecule has 0 unspecified atom stereocenters. The summed E-state index contributed by atoms with van der Waals surface area (Å²) in [7, 11) is 0. The molecular formula is C30H45N3O9. The molecule has 0 aromatic rings. The summed E-state index contributed by atoms with van der Waals surface area (Å²) in [6.07, 6.45) is 5.06. The first-order valence-corrected chi connectivity index (χ1v) is 15.4. The van der Waals surface area contributed by atoms with Crippen LogP contribution >= 0.6 is 0 Å². The van der Waals surface area contributed by atoms with Crippen LogP contribution < -0.4 is 11.2 Å². The normalized spacial score (nSPS) is 50.4. The molecule has 0 bridgehead atoms. The molecule has 4 saturated carbocycles. The van der Waals surface area contributed by atoms with Crippen LogP contribution in [0.25, 0.3) is 0 Å². The molecule has 5 fully saturated rings. The number of hydrogen-bond acceptors (Lipinski definition) is 10. The fourth-order valence-corrected chi connectivity index (χ4v) is 10.00. The minimum absolute atomic E-state index is 0.0488. The van der Waals surface area contributed by atoms with Crippen LogP contribution in [-0.4, -0.2) is 87.2 Å². The van der Waals surface area contributed by atoms with E-state index in [4.69, 9.17) is 19.9 Å². The van der Waals surface area contributed by atoms with Crippen LogP contribution in [0.15, 0.2) is 16.8 Å². The number of cyclic esters (lactones) is 1. The Hall–Kier alpha value is -2.09. The van der Waals surface area contributed by atoms with E-state index >= 15 is 0 Å². The third-order valence-corrected chi connectivity index (χ3v) is 12.1. The third kappa shape index (κ3) is 4.52. The van der Waals surface area contributed by atoms with Crippen LogP contribution in [0, 0.1) is 28.6 Å². The second-order valence-corrected chi connectivity index (χ2v) is 13.9. The summed E-state index contributed by atoms with van der Waals surface area (Å²) in [5.41, 5.74) is 5.09. The maximum atomic E-state index is 12.5. The van der Waals surface area contributed by atoms with Gasteiger partial charge in [-0.25, -0.2) is 15.0 Å². The highest BCUT2D eigenvalue weighted by Crippen LogP contribution is 2.70. The first-order chi connectivity index (χ1) is 19.8. The molecule has 4 aliphatic carbocycles. The fourth-order valence-electron chi connectivity index (χ4n) is 10.00. The Kier molecular flexibility index (Phi) is 7.50. The minimum atomic E-state index is -1.23.